The Morgan fingerprint density at radius 3 is 2.00 bits per heavy atom. The zero-order valence-corrected chi connectivity index (χ0v) is 14.2. The number of likely N-dealkylation sites (N-methyl/N-ethyl adjacent to an activating group) is 1. The minimum absolute atomic E-state index is 0.215. The Kier molecular flexibility index (Phi) is 9.01. The van der Waals surface area contributed by atoms with E-state index in [2.05, 4.69) is 5.32 Å². The SMILES string of the molecule is CC(C)C[C@H](NC(=O)N(CCN(C)C)CC(C)C)C(=O)O. The summed E-state index contributed by atoms with van der Waals surface area (Å²) in [5.74, 6) is -0.424. The smallest absolute Gasteiger partial charge is 0.326 e. The first-order valence-corrected chi connectivity index (χ1v) is 7.56. The van der Waals surface area contributed by atoms with Gasteiger partial charge in [-0.1, -0.05) is 27.7 Å². The third kappa shape index (κ3) is 9.28. The molecule has 0 fully saturated rings. The fourth-order valence-electron chi connectivity index (χ4n) is 1.97. The summed E-state index contributed by atoms with van der Waals surface area (Å²) in [5, 5.41) is 11.9. The van der Waals surface area contributed by atoms with Crippen LogP contribution in [0.4, 0.5) is 4.79 Å². The first-order valence-electron chi connectivity index (χ1n) is 7.56. The van der Waals surface area contributed by atoms with E-state index < -0.39 is 12.0 Å². The molecule has 0 rings (SSSR count). The van der Waals surface area contributed by atoms with Gasteiger partial charge in [-0.05, 0) is 32.4 Å². The first-order chi connectivity index (χ1) is 9.63. The lowest BCUT2D eigenvalue weighted by Crippen LogP contribution is -2.50. The monoisotopic (exact) mass is 301 g/mol. The second-order valence-electron chi connectivity index (χ2n) is 6.61. The van der Waals surface area contributed by atoms with Gasteiger partial charge in [-0.15, -0.1) is 0 Å². The molecule has 0 aromatic heterocycles. The Labute approximate surface area is 128 Å². The number of hydrogen-bond donors (Lipinski definition) is 2. The van der Waals surface area contributed by atoms with Gasteiger partial charge >= 0.3 is 12.0 Å². The van der Waals surface area contributed by atoms with Crippen molar-refractivity contribution in [3.8, 4) is 0 Å². The molecule has 0 aliphatic heterocycles. The number of rotatable bonds is 9. The van der Waals surface area contributed by atoms with E-state index in [0.29, 0.717) is 25.4 Å². The van der Waals surface area contributed by atoms with Crippen LogP contribution >= 0.6 is 0 Å². The number of nitrogens with one attached hydrogen (secondary N) is 1. The molecule has 1 atom stereocenters. The standard InChI is InChI=1S/C15H31N3O3/c1-11(2)9-13(14(19)20)16-15(21)18(10-12(3)4)8-7-17(5)6/h11-13H,7-10H2,1-6H3,(H,16,21)(H,19,20)/t13-/m0/s1. The maximum absolute atomic E-state index is 12.3. The molecule has 6 heteroatoms. The van der Waals surface area contributed by atoms with Crippen LogP contribution in [-0.2, 0) is 4.79 Å². The molecule has 0 aromatic rings. The number of carboxylic acid groups (broad SMARTS) is 1. The average molecular weight is 301 g/mol. The van der Waals surface area contributed by atoms with E-state index >= 15 is 0 Å². The van der Waals surface area contributed by atoms with Crippen LogP contribution in [0.2, 0.25) is 0 Å². The highest BCUT2D eigenvalue weighted by Gasteiger charge is 2.24. The quantitative estimate of drug-likeness (QED) is 0.680. The number of carbonyl (C=O) groups is 2. The predicted molar refractivity (Wildman–Crippen MR) is 84.4 cm³/mol. The number of hydrogen-bond acceptors (Lipinski definition) is 3. The van der Waals surface area contributed by atoms with Gasteiger partial charge in [0.15, 0.2) is 0 Å². The molecule has 124 valence electrons. The van der Waals surface area contributed by atoms with E-state index in [0.717, 1.165) is 6.54 Å². The molecule has 0 saturated heterocycles. The van der Waals surface area contributed by atoms with Crippen molar-refractivity contribution < 1.29 is 14.7 Å². The van der Waals surface area contributed by atoms with E-state index in [9.17, 15) is 14.7 Å². The van der Waals surface area contributed by atoms with Crippen molar-refractivity contribution in [3.63, 3.8) is 0 Å². The van der Waals surface area contributed by atoms with Crippen LogP contribution in [0.25, 0.3) is 0 Å². The van der Waals surface area contributed by atoms with Gasteiger partial charge < -0.3 is 20.2 Å². The van der Waals surface area contributed by atoms with Crippen molar-refractivity contribution in [1.29, 1.82) is 0 Å². The van der Waals surface area contributed by atoms with Gasteiger partial charge in [-0.3, -0.25) is 0 Å². The number of carbonyl (C=O) groups excluding carboxylic acids is 1. The minimum Gasteiger partial charge on any atom is -0.480 e. The van der Waals surface area contributed by atoms with Gasteiger partial charge in [-0.2, -0.15) is 0 Å². The molecule has 0 radical (unpaired) electrons. The summed E-state index contributed by atoms with van der Waals surface area (Å²) in [5.41, 5.74) is 0. The molecule has 0 spiro atoms. The summed E-state index contributed by atoms with van der Waals surface area (Å²) in [6, 6.07) is -1.12. The van der Waals surface area contributed by atoms with Crippen LogP contribution in [0.1, 0.15) is 34.1 Å². The van der Waals surface area contributed by atoms with E-state index in [-0.39, 0.29) is 11.9 Å². The fraction of sp³-hybridized carbons (Fsp3) is 0.867. The van der Waals surface area contributed by atoms with Gasteiger partial charge in [0.2, 0.25) is 0 Å². The zero-order chi connectivity index (χ0) is 16.6. The Hall–Kier alpha value is -1.30. The topological polar surface area (TPSA) is 72.9 Å². The molecule has 0 aliphatic rings. The molecule has 2 amide bonds. The Morgan fingerprint density at radius 1 is 1.05 bits per heavy atom. The van der Waals surface area contributed by atoms with Crippen molar-refractivity contribution in [2.75, 3.05) is 33.7 Å². The van der Waals surface area contributed by atoms with Gasteiger partial charge in [0.25, 0.3) is 0 Å². The van der Waals surface area contributed by atoms with Crippen molar-refractivity contribution >= 4 is 12.0 Å². The first kappa shape index (κ1) is 19.7. The molecule has 21 heavy (non-hydrogen) atoms. The second-order valence-corrected chi connectivity index (χ2v) is 6.61. The highest BCUT2D eigenvalue weighted by molar-refractivity contribution is 5.82. The van der Waals surface area contributed by atoms with Crippen LogP contribution in [0.15, 0.2) is 0 Å². The maximum Gasteiger partial charge on any atom is 0.326 e. The summed E-state index contributed by atoms with van der Waals surface area (Å²) < 4.78 is 0. The second kappa shape index (κ2) is 9.60. The minimum atomic E-state index is -0.978. The average Bonchev–Trinajstić information content (AvgIpc) is 2.32. The van der Waals surface area contributed by atoms with Crippen molar-refractivity contribution in [2.24, 2.45) is 11.8 Å². The molecule has 2 N–H and O–H groups in total. The van der Waals surface area contributed by atoms with Gasteiger partial charge in [0.1, 0.15) is 6.04 Å². The highest BCUT2D eigenvalue weighted by Crippen LogP contribution is 2.07. The summed E-state index contributed by atoms with van der Waals surface area (Å²) in [6.45, 7) is 9.93. The van der Waals surface area contributed by atoms with Crippen LogP contribution in [0.3, 0.4) is 0 Å². The highest BCUT2D eigenvalue weighted by atomic mass is 16.4. The van der Waals surface area contributed by atoms with Crippen LogP contribution in [0.5, 0.6) is 0 Å². The summed E-state index contributed by atoms with van der Waals surface area (Å²) in [4.78, 5) is 27.3. The summed E-state index contributed by atoms with van der Waals surface area (Å²) in [6.07, 6.45) is 0.435. The van der Waals surface area contributed by atoms with Crippen molar-refractivity contribution in [3.05, 3.63) is 0 Å². The van der Waals surface area contributed by atoms with Gasteiger partial charge in [-0.25, -0.2) is 9.59 Å². The maximum atomic E-state index is 12.3. The summed E-state index contributed by atoms with van der Waals surface area (Å²) in [7, 11) is 3.90. The third-order valence-electron chi connectivity index (χ3n) is 2.99. The van der Waals surface area contributed by atoms with Gasteiger partial charge in [0, 0.05) is 19.6 Å². The number of urea groups is 1. The van der Waals surface area contributed by atoms with Crippen LogP contribution in [-0.4, -0.2) is 66.7 Å². The normalized spacial score (nSPS) is 12.8. The molecular formula is C15H31N3O3. The third-order valence-corrected chi connectivity index (χ3v) is 2.99. The molecule has 0 saturated carbocycles. The molecule has 0 aromatic carbocycles. The van der Waals surface area contributed by atoms with E-state index in [1.807, 2.05) is 46.7 Å². The van der Waals surface area contributed by atoms with Crippen LogP contribution < -0.4 is 5.32 Å². The molecule has 0 unspecified atom stereocenters. The van der Waals surface area contributed by atoms with E-state index in [1.54, 1.807) is 4.90 Å². The van der Waals surface area contributed by atoms with E-state index in [1.165, 1.54) is 0 Å². The Bertz CT molecular complexity index is 330. The molecule has 0 aliphatic carbocycles. The Balaban J connectivity index is 4.71. The number of carboxylic acids is 1. The number of aliphatic carboxylic acids is 1. The zero-order valence-electron chi connectivity index (χ0n) is 14.2. The molecule has 0 bridgehead atoms. The van der Waals surface area contributed by atoms with Crippen molar-refractivity contribution in [2.45, 2.75) is 40.2 Å². The summed E-state index contributed by atoms with van der Waals surface area (Å²) >= 11 is 0. The predicted octanol–water partition coefficient (Wildman–Crippen LogP) is 1.71. The fourth-order valence-corrected chi connectivity index (χ4v) is 1.97. The van der Waals surface area contributed by atoms with Crippen molar-refractivity contribution in [1.82, 2.24) is 15.1 Å². The molecular weight excluding hydrogens is 270 g/mol. The lowest BCUT2D eigenvalue weighted by molar-refractivity contribution is -0.139. The molecule has 0 heterocycles. The lowest BCUT2D eigenvalue weighted by Gasteiger charge is -2.28. The Morgan fingerprint density at radius 2 is 1.62 bits per heavy atom. The lowest BCUT2D eigenvalue weighted by atomic mass is 10.0. The van der Waals surface area contributed by atoms with E-state index in [4.69, 9.17) is 0 Å². The molecule has 6 nitrogen and oxygen atoms in total. The number of amides is 2. The van der Waals surface area contributed by atoms with Gasteiger partial charge in [0.05, 0.1) is 0 Å². The number of nitrogens with zero attached hydrogens (tertiary/aromatic N) is 2. The largest absolute Gasteiger partial charge is 0.480 e. The van der Waals surface area contributed by atoms with Crippen LogP contribution in [0, 0.1) is 11.8 Å².